The molecule has 0 aliphatic rings. The Balaban J connectivity index is 2.66. The molecule has 3 nitrogen and oxygen atoms in total. The number of rotatable bonds is 0. The first-order chi connectivity index (χ1) is 8.77. The molecule has 1 heterocycles. The van der Waals surface area contributed by atoms with Crippen molar-refractivity contribution >= 4 is 21.8 Å². The summed E-state index contributed by atoms with van der Waals surface area (Å²) in [7, 11) is 1.92. The van der Waals surface area contributed by atoms with Crippen LogP contribution >= 0.6 is 0 Å². The molecule has 0 unspecified atom stereocenters. The fourth-order valence-corrected chi connectivity index (χ4v) is 2.48. The zero-order chi connectivity index (χ0) is 12.7. The van der Waals surface area contributed by atoms with Gasteiger partial charge in [-0.3, -0.25) is 0 Å². The molecule has 0 aliphatic heterocycles. The molecule has 18 heavy (non-hydrogen) atoms. The van der Waals surface area contributed by atoms with Crippen LogP contribution in [-0.4, -0.2) is 4.57 Å². The maximum Gasteiger partial charge on any atom is 0.103 e. The standard InChI is InChI=1S/C15H9N3/c1-18-14-5-3-2-4-11(14)12-7-6-10(8-16)13(9-17)15(12)18/h2-7H,1H3. The van der Waals surface area contributed by atoms with Gasteiger partial charge >= 0.3 is 0 Å². The SMILES string of the molecule is Cn1c2ccccc2c2ccc(C#N)c(C#N)c21. The van der Waals surface area contributed by atoms with Gasteiger partial charge in [-0.05, 0) is 12.1 Å². The highest BCUT2D eigenvalue weighted by Crippen LogP contribution is 2.31. The zero-order valence-electron chi connectivity index (χ0n) is 9.81. The highest BCUT2D eigenvalue weighted by atomic mass is 14.9. The van der Waals surface area contributed by atoms with Gasteiger partial charge in [-0.15, -0.1) is 0 Å². The summed E-state index contributed by atoms with van der Waals surface area (Å²) in [6, 6.07) is 15.8. The molecule has 0 radical (unpaired) electrons. The number of nitrogens with zero attached hydrogens (tertiary/aromatic N) is 3. The van der Waals surface area contributed by atoms with Gasteiger partial charge in [-0.25, -0.2) is 0 Å². The summed E-state index contributed by atoms with van der Waals surface area (Å²) in [5.41, 5.74) is 2.78. The van der Waals surface area contributed by atoms with Gasteiger partial charge in [0.05, 0.1) is 16.6 Å². The van der Waals surface area contributed by atoms with Crippen molar-refractivity contribution < 1.29 is 0 Å². The Labute approximate surface area is 104 Å². The van der Waals surface area contributed by atoms with Crippen molar-refractivity contribution in [3.8, 4) is 12.1 Å². The molecule has 0 amide bonds. The lowest BCUT2D eigenvalue weighted by Gasteiger charge is -2.01. The predicted molar refractivity (Wildman–Crippen MR) is 69.9 cm³/mol. The average molecular weight is 231 g/mol. The Morgan fingerprint density at radius 3 is 2.44 bits per heavy atom. The molecule has 0 saturated carbocycles. The molecule has 84 valence electrons. The Morgan fingerprint density at radius 2 is 1.72 bits per heavy atom. The van der Waals surface area contributed by atoms with E-state index in [-0.39, 0.29) is 0 Å². The van der Waals surface area contributed by atoms with Gasteiger partial charge in [0.15, 0.2) is 0 Å². The number of hydrogen-bond acceptors (Lipinski definition) is 2. The molecule has 0 fully saturated rings. The lowest BCUT2D eigenvalue weighted by atomic mass is 10.0. The van der Waals surface area contributed by atoms with Gasteiger partial charge in [-0.1, -0.05) is 24.3 Å². The van der Waals surface area contributed by atoms with E-state index in [1.165, 1.54) is 0 Å². The van der Waals surface area contributed by atoms with Crippen LogP contribution in [0.25, 0.3) is 21.8 Å². The quantitative estimate of drug-likeness (QED) is 0.597. The summed E-state index contributed by atoms with van der Waals surface area (Å²) in [6.45, 7) is 0. The Hall–Kier alpha value is -2.78. The topological polar surface area (TPSA) is 52.5 Å². The van der Waals surface area contributed by atoms with Crippen LogP contribution < -0.4 is 0 Å². The van der Waals surface area contributed by atoms with Gasteiger partial charge < -0.3 is 4.57 Å². The fraction of sp³-hybridized carbons (Fsp3) is 0.0667. The van der Waals surface area contributed by atoms with Crippen molar-refractivity contribution in [2.75, 3.05) is 0 Å². The van der Waals surface area contributed by atoms with Gasteiger partial charge in [0.25, 0.3) is 0 Å². The number of aryl methyl sites for hydroxylation is 1. The summed E-state index contributed by atoms with van der Waals surface area (Å²) in [5.74, 6) is 0. The number of nitriles is 2. The van der Waals surface area contributed by atoms with E-state index >= 15 is 0 Å². The maximum absolute atomic E-state index is 9.28. The van der Waals surface area contributed by atoms with Crippen molar-refractivity contribution in [3.63, 3.8) is 0 Å². The zero-order valence-corrected chi connectivity index (χ0v) is 9.81. The van der Waals surface area contributed by atoms with Crippen molar-refractivity contribution in [1.29, 1.82) is 10.5 Å². The normalized spacial score (nSPS) is 10.4. The summed E-state index contributed by atoms with van der Waals surface area (Å²) in [5, 5.41) is 20.5. The first kappa shape index (κ1) is 10.4. The van der Waals surface area contributed by atoms with Crippen molar-refractivity contribution in [2.45, 2.75) is 0 Å². The number of aromatic nitrogens is 1. The smallest absolute Gasteiger partial charge is 0.103 e. The number of hydrogen-bond donors (Lipinski definition) is 0. The molecular formula is C15H9N3. The first-order valence-electron chi connectivity index (χ1n) is 5.58. The van der Waals surface area contributed by atoms with Crippen LogP contribution in [0.5, 0.6) is 0 Å². The molecule has 3 heteroatoms. The van der Waals surface area contributed by atoms with Gasteiger partial charge in [0.1, 0.15) is 12.1 Å². The molecule has 0 N–H and O–H groups in total. The second-order valence-corrected chi connectivity index (χ2v) is 4.18. The summed E-state index contributed by atoms with van der Waals surface area (Å²) >= 11 is 0. The van der Waals surface area contributed by atoms with Crippen LogP contribution in [0, 0.1) is 22.7 Å². The second kappa shape index (κ2) is 3.61. The van der Waals surface area contributed by atoms with E-state index in [4.69, 9.17) is 5.26 Å². The maximum atomic E-state index is 9.28. The molecule has 0 aliphatic carbocycles. The fourth-order valence-electron chi connectivity index (χ4n) is 2.48. The van der Waals surface area contributed by atoms with Crippen LogP contribution in [0.15, 0.2) is 36.4 Å². The lowest BCUT2D eigenvalue weighted by Crippen LogP contribution is -1.92. The van der Waals surface area contributed by atoms with Crippen LogP contribution in [0.4, 0.5) is 0 Å². The van der Waals surface area contributed by atoms with E-state index in [1.807, 2.05) is 41.9 Å². The van der Waals surface area contributed by atoms with Crippen molar-refractivity contribution in [2.24, 2.45) is 7.05 Å². The van der Waals surface area contributed by atoms with Gasteiger partial charge in [0.2, 0.25) is 0 Å². The highest BCUT2D eigenvalue weighted by molar-refractivity contribution is 6.10. The average Bonchev–Trinajstić information content (AvgIpc) is 2.72. The van der Waals surface area contributed by atoms with E-state index in [9.17, 15) is 5.26 Å². The largest absolute Gasteiger partial charge is 0.342 e. The molecule has 2 aromatic carbocycles. The minimum absolute atomic E-state index is 0.427. The minimum atomic E-state index is 0.427. The minimum Gasteiger partial charge on any atom is -0.342 e. The van der Waals surface area contributed by atoms with E-state index in [1.54, 1.807) is 6.07 Å². The Kier molecular flexibility index (Phi) is 2.08. The summed E-state index contributed by atoms with van der Waals surface area (Å²) < 4.78 is 1.98. The molecule has 3 rings (SSSR count). The first-order valence-corrected chi connectivity index (χ1v) is 5.58. The monoisotopic (exact) mass is 231 g/mol. The third-order valence-electron chi connectivity index (χ3n) is 3.30. The third-order valence-corrected chi connectivity index (χ3v) is 3.30. The van der Waals surface area contributed by atoms with Crippen LogP contribution in [0.1, 0.15) is 11.1 Å². The highest BCUT2D eigenvalue weighted by Gasteiger charge is 2.14. The molecule has 0 bridgehead atoms. The van der Waals surface area contributed by atoms with Crippen LogP contribution in [0.2, 0.25) is 0 Å². The number of fused-ring (bicyclic) bond motifs is 3. The number of benzene rings is 2. The molecule has 3 aromatic rings. The van der Waals surface area contributed by atoms with E-state index < -0.39 is 0 Å². The van der Waals surface area contributed by atoms with Crippen LogP contribution in [-0.2, 0) is 7.05 Å². The molecule has 0 atom stereocenters. The second-order valence-electron chi connectivity index (χ2n) is 4.18. The van der Waals surface area contributed by atoms with E-state index in [2.05, 4.69) is 12.1 Å². The van der Waals surface area contributed by atoms with Gasteiger partial charge in [0, 0.05) is 23.3 Å². The summed E-state index contributed by atoms with van der Waals surface area (Å²) in [4.78, 5) is 0. The van der Waals surface area contributed by atoms with Crippen molar-refractivity contribution in [1.82, 2.24) is 4.57 Å². The Morgan fingerprint density at radius 1 is 0.944 bits per heavy atom. The van der Waals surface area contributed by atoms with Crippen LogP contribution in [0.3, 0.4) is 0 Å². The molecular weight excluding hydrogens is 222 g/mol. The molecule has 1 aromatic heterocycles. The van der Waals surface area contributed by atoms with E-state index in [0.29, 0.717) is 11.1 Å². The predicted octanol–water partition coefficient (Wildman–Crippen LogP) is 3.07. The van der Waals surface area contributed by atoms with E-state index in [0.717, 1.165) is 21.8 Å². The summed E-state index contributed by atoms with van der Waals surface area (Å²) in [6.07, 6.45) is 0. The van der Waals surface area contributed by atoms with Gasteiger partial charge in [-0.2, -0.15) is 10.5 Å². The lowest BCUT2D eigenvalue weighted by molar-refractivity contribution is 1.01. The molecule has 0 saturated heterocycles. The van der Waals surface area contributed by atoms with Crippen molar-refractivity contribution in [3.05, 3.63) is 47.5 Å². The third kappa shape index (κ3) is 1.16. The number of para-hydroxylation sites is 1. The Bertz CT molecular complexity index is 857. The molecule has 0 spiro atoms.